The second-order valence-electron chi connectivity index (χ2n) is 4.57. The number of carbonyl (C=O) groups excluding carboxylic acids is 1. The lowest BCUT2D eigenvalue weighted by molar-refractivity contribution is -0.119. The number of hydrogen-bond acceptors (Lipinski definition) is 3. The molecule has 100 valence electrons. The number of anilines is 1. The number of carbonyl (C=O) groups is 1. The highest BCUT2D eigenvalue weighted by Crippen LogP contribution is 2.14. The number of rotatable bonds is 5. The first kappa shape index (κ1) is 13.3. The molecule has 0 bridgehead atoms. The molecule has 0 saturated carbocycles. The first-order chi connectivity index (χ1) is 9.20. The standard InChI is InChI=1S/C14H18N4O/c1-3-4-11(2)14(19)17-12-5-7-13(8-6-12)18-10-15-9-16-18/h5-11H,3-4H2,1-2H3,(H,17,19)/t11-/m1/s1. The first-order valence-electron chi connectivity index (χ1n) is 6.46. The Labute approximate surface area is 112 Å². The quantitative estimate of drug-likeness (QED) is 0.896. The molecule has 0 aliphatic carbocycles. The Hall–Kier alpha value is -2.17. The number of nitrogens with one attached hydrogen (secondary N) is 1. The van der Waals surface area contributed by atoms with Crippen molar-refractivity contribution in [2.75, 3.05) is 5.32 Å². The lowest BCUT2D eigenvalue weighted by Crippen LogP contribution is -2.20. The molecule has 0 aliphatic rings. The highest BCUT2D eigenvalue weighted by molar-refractivity contribution is 5.92. The molecule has 2 aromatic rings. The van der Waals surface area contributed by atoms with Crippen LogP contribution in [-0.2, 0) is 4.79 Å². The maximum atomic E-state index is 11.9. The van der Waals surface area contributed by atoms with Crippen LogP contribution in [0.15, 0.2) is 36.9 Å². The van der Waals surface area contributed by atoms with Crippen molar-refractivity contribution in [2.24, 2.45) is 5.92 Å². The Bertz CT molecular complexity index is 519. The number of benzene rings is 1. The Kier molecular flexibility index (Phi) is 4.28. The van der Waals surface area contributed by atoms with E-state index >= 15 is 0 Å². The van der Waals surface area contributed by atoms with E-state index in [1.54, 1.807) is 11.0 Å². The van der Waals surface area contributed by atoms with E-state index in [-0.39, 0.29) is 11.8 Å². The van der Waals surface area contributed by atoms with Gasteiger partial charge in [0, 0.05) is 11.6 Å². The number of hydrogen-bond donors (Lipinski definition) is 1. The molecule has 1 aromatic carbocycles. The predicted molar refractivity (Wildman–Crippen MR) is 74.1 cm³/mol. The minimum atomic E-state index is 0.0417. The fraction of sp³-hybridized carbons (Fsp3) is 0.357. The van der Waals surface area contributed by atoms with Gasteiger partial charge < -0.3 is 5.32 Å². The van der Waals surface area contributed by atoms with Gasteiger partial charge in [-0.15, -0.1) is 0 Å². The number of amides is 1. The van der Waals surface area contributed by atoms with Crippen molar-refractivity contribution >= 4 is 11.6 Å². The molecule has 1 amide bonds. The van der Waals surface area contributed by atoms with Crippen LogP contribution in [0.1, 0.15) is 26.7 Å². The minimum absolute atomic E-state index is 0.0417. The summed E-state index contributed by atoms with van der Waals surface area (Å²) in [6.07, 6.45) is 5.04. The van der Waals surface area contributed by atoms with E-state index in [1.807, 2.05) is 31.2 Å². The maximum Gasteiger partial charge on any atom is 0.227 e. The SMILES string of the molecule is CCC[C@@H](C)C(=O)Nc1ccc(-n2cncn2)cc1. The Morgan fingerprint density at radius 2 is 2.11 bits per heavy atom. The molecule has 0 fully saturated rings. The van der Waals surface area contributed by atoms with E-state index in [9.17, 15) is 4.79 Å². The number of nitrogens with zero attached hydrogens (tertiary/aromatic N) is 3. The van der Waals surface area contributed by atoms with E-state index < -0.39 is 0 Å². The summed E-state index contributed by atoms with van der Waals surface area (Å²) >= 11 is 0. The van der Waals surface area contributed by atoms with Crippen molar-refractivity contribution in [1.29, 1.82) is 0 Å². The zero-order valence-corrected chi connectivity index (χ0v) is 11.2. The Morgan fingerprint density at radius 1 is 1.37 bits per heavy atom. The summed E-state index contributed by atoms with van der Waals surface area (Å²) in [5.41, 5.74) is 1.72. The normalized spacial score (nSPS) is 12.1. The molecule has 1 N–H and O–H groups in total. The van der Waals surface area contributed by atoms with Crippen LogP contribution in [0.5, 0.6) is 0 Å². The molecule has 2 rings (SSSR count). The van der Waals surface area contributed by atoms with Gasteiger partial charge in [0.15, 0.2) is 0 Å². The van der Waals surface area contributed by atoms with E-state index in [0.29, 0.717) is 0 Å². The van der Waals surface area contributed by atoms with Gasteiger partial charge in [-0.1, -0.05) is 20.3 Å². The van der Waals surface area contributed by atoms with Crippen LogP contribution in [-0.4, -0.2) is 20.7 Å². The van der Waals surface area contributed by atoms with E-state index in [4.69, 9.17) is 0 Å². The molecule has 1 aromatic heterocycles. The highest BCUT2D eigenvalue weighted by Gasteiger charge is 2.11. The van der Waals surface area contributed by atoms with Gasteiger partial charge in [-0.3, -0.25) is 4.79 Å². The van der Waals surface area contributed by atoms with Crippen LogP contribution >= 0.6 is 0 Å². The largest absolute Gasteiger partial charge is 0.326 e. The molecular formula is C14H18N4O. The molecule has 19 heavy (non-hydrogen) atoms. The van der Waals surface area contributed by atoms with Gasteiger partial charge in [0.1, 0.15) is 12.7 Å². The second kappa shape index (κ2) is 6.13. The second-order valence-corrected chi connectivity index (χ2v) is 4.57. The summed E-state index contributed by atoms with van der Waals surface area (Å²) in [7, 11) is 0. The molecular weight excluding hydrogens is 240 g/mol. The Balaban J connectivity index is 2.01. The molecule has 1 atom stereocenters. The third-order valence-corrected chi connectivity index (χ3v) is 2.99. The highest BCUT2D eigenvalue weighted by atomic mass is 16.1. The van der Waals surface area contributed by atoms with E-state index in [2.05, 4.69) is 22.3 Å². The smallest absolute Gasteiger partial charge is 0.227 e. The lowest BCUT2D eigenvalue weighted by atomic mass is 10.1. The molecule has 0 saturated heterocycles. The van der Waals surface area contributed by atoms with Crippen LogP contribution in [0, 0.1) is 5.92 Å². The van der Waals surface area contributed by atoms with Crippen LogP contribution in [0.3, 0.4) is 0 Å². The summed E-state index contributed by atoms with van der Waals surface area (Å²) in [5, 5.41) is 6.96. The summed E-state index contributed by atoms with van der Waals surface area (Å²) in [6, 6.07) is 7.53. The monoisotopic (exact) mass is 258 g/mol. The number of aromatic nitrogens is 3. The van der Waals surface area contributed by atoms with E-state index in [1.165, 1.54) is 6.33 Å². The average Bonchev–Trinajstić information content (AvgIpc) is 2.94. The van der Waals surface area contributed by atoms with Crippen molar-refractivity contribution in [3.05, 3.63) is 36.9 Å². The van der Waals surface area contributed by atoms with Crippen molar-refractivity contribution in [3.8, 4) is 5.69 Å². The third-order valence-electron chi connectivity index (χ3n) is 2.99. The van der Waals surface area contributed by atoms with Gasteiger partial charge in [-0.05, 0) is 30.7 Å². The Morgan fingerprint density at radius 3 is 2.68 bits per heavy atom. The van der Waals surface area contributed by atoms with Gasteiger partial charge in [0.2, 0.25) is 5.91 Å². The predicted octanol–water partition coefficient (Wildman–Crippen LogP) is 2.64. The van der Waals surface area contributed by atoms with Crippen molar-refractivity contribution in [2.45, 2.75) is 26.7 Å². The molecule has 5 nitrogen and oxygen atoms in total. The minimum Gasteiger partial charge on any atom is -0.326 e. The zero-order valence-electron chi connectivity index (χ0n) is 11.2. The van der Waals surface area contributed by atoms with Gasteiger partial charge in [-0.25, -0.2) is 9.67 Å². The zero-order chi connectivity index (χ0) is 13.7. The van der Waals surface area contributed by atoms with Crippen molar-refractivity contribution in [1.82, 2.24) is 14.8 Å². The molecule has 5 heteroatoms. The van der Waals surface area contributed by atoms with Crippen LogP contribution < -0.4 is 5.32 Å². The summed E-state index contributed by atoms with van der Waals surface area (Å²) < 4.78 is 1.67. The van der Waals surface area contributed by atoms with Gasteiger partial charge >= 0.3 is 0 Å². The molecule has 0 aliphatic heterocycles. The lowest BCUT2D eigenvalue weighted by Gasteiger charge is -2.11. The van der Waals surface area contributed by atoms with E-state index in [0.717, 1.165) is 24.2 Å². The van der Waals surface area contributed by atoms with Crippen LogP contribution in [0.2, 0.25) is 0 Å². The van der Waals surface area contributed by atoms with Gasteiger partial charge in [0.05, 0.1) is 5.69 Å². The topological polar surface area (TPSA) is 59.8 Å². The fourth-order valence-corrected chi connectivity index (χ4v) is 1.87. The first-order valence-corrected chi connectivity index (χ1v) is 6.46. The van der Waals surface area contributed by atoms with Gasteiger partial charge in [0.25, 0.3) is 0 Å². The van der Waals surface area contributed by atoms with Gasteiger partial charge in [-0.2, -0.15) is 5.10 Å². The average molecular weight is 258 g/mol. The molecule has 0 radical (unpaired) electrons. The summed E-state index contributed by atoms with van der Waals surface area (Å²) in [4.78, 5) is 15.8. The maximum absolute atomic E-state index is 11.9. The third kappa shape index (κ3) is 3.40. The summed E-state index contributed by atoms with van der Waals surface area (Å²) in [5.74, 6) is 0.107. The molecule has 0 spiro atoms. The van der Waals surface area contributed by atoms with Crippen molar-refractivity contribution in [3.63, 3.8) is 0 Å². The molecule has 0 unspecified atom stereocenters. The fourth-order valence-electron chi connectivity index (χ4n) is 1.87. The van der Waals surface area contributed by atoms with Crippen molar-refractivity contribution < 1.29 is 4.79 Å². The summed E-state index contributed by atoms with van der Waals surface area (Å²) in [6.45, 7) is 4.03. The van der Waals surface area contributed by atoms with Crippen LogP contribution in [0.25, 0.3) is 5.69 Å². The van der Waals surface area contributed by atoms with Crippen LogP contribution in [0.4, 0.5) is 5.69 Å². The molecule has 1 heterocycles.